The Hall–Kier alpha value is -2.60. The van der Waals surface area contributed by atoms with Gasteiger partial charge < -0.3 is 14.4 Å². The Bertz CT molecular complexity index is 977. The van der Waals surface area contributed by atoms with E-state index >= 15 is 0 Å². The number of piperazine rings is 1. The van der Waals surface area contributed by atoms with Crippen molar-refractivity contribution in [3.63, 3.8) is 0 Å². The normalized spacial score (nSPS) is 16.0. The minimum absolute atomic E-state index is 0.0774. The van der Waals surface area contributed by atoms with Crippen molar-refractivity contribution >= 4 is 15.8 Å². The fraction of sp³-hybridized carbons (Fsp3) is 0.412. The zero-order chi connectivity index (χ0) is 21.2. The van der Waals surface area contributed by atoms with Crippen LogP contribution in [0.1, 0.15) is 5.82 Å². The standard InChI is InChI=1S/C17H19F3N4O4S/c1-12-21-15(11-16(22-12)27-2)23-7-9-24(10-8-23)29(25,26)14-6-4-3-5-13(14)28-17(18,19)20/h3-6,11H,7-10H2,1-2H3. The quantitative estimate of drug-likeness (QED) is 0.716. The van der Waals surface area contributed by atoms with E-state index in [2.05, 4.69) is 14.7 Å². The third-order valence-corrected chi connectivity index (χ3v) is 6.20. The maximum atomic E-state index is 12.9. The second-order valence-corrected chi connectivity index (χ2v) is 8.11. The summed E-state index contributed by atoms with van der Waals surface area (Å²) in [6.07, 6.45) is -4.99. The molecular weight excluding hydrogens is 413 g/mol. The van der Waals surface area contributed by atoms with Gasteiger partial charge in [-0.1, -0.05) is 12.1 Å². The van der Waals surface area contributed by atoms with Gasteiger partial charge in [0.2, 0.25) is 15.9 Å². The molecular formula is C17H19F3N4O4S. The fourth-order valence-corrected chi connectivity index (χ4v) is 4.50. The highest BCUT2D eigenvalue weighted by Gasteiger charge is 2.36. The average molecular weight is 432 g/mol. The van der Waals surface area contributed by atoms with Gasteiger partial charge in [-0.05, 0) is 19.1 Å². The first-order valence-corrected chi connectivity index (χ1v) is 10.0. The van der Waals surface area contributed by atoms with Gasteiger partial charge in [0.25, 0.3) is 0 Å². The molecule has 1 aliphatic rings. The largest absolute Gasteiger partial charge is 0.573 e. The maximum Gasteiger partial charge on any atom is 0.573 e. The van der Waals surface area contributed by atoms with Crippen LogP contribution in [0, 0.1) is 6.92 Å². The van der Waals surface area contributed by atoms with Crippen molar-refractivity contribution in [2.45, 2.75) is 18.2 Å². The van der Waals surface area contributed by atoms with Crippen LogP contribution in [0.4, 0.5) is 19.0 Å². The van der Waals surface area contributed by atoms with Crippen LogP contribution in [-0.2, 0) is 10.0 Å². The van der Waals surface area contributed by atoms with E-state index in [9.17, 15) is 21.6 Å². The summed E-state index contributed by atoms with van der Waals surface area (Å²) in [7, 11) is -2.68. The second kappa shape index (κ2) is 8.03. The Morgan fingerprint density at radius 3 is 2.34 bits per heavy atom. The molecule has 0 spiro atoms. The number of sulfonamides is 1. The lowest BCUT2D eigenvalue weighted by Gasteiger charge is -2.35. The molecule has 3 rings (SSSR count). The molecule has 1 aromatic heterocycles. The number of benzene rings is 1. The zero-order valence-electron chi connectivity index (χ0n) is 15.7. The van der Waals surface area contributed by atoms with Gasteiger partial charge >= 0.3 is 6.36 Å². The fourth-order valence-electron chi connectivity index (χ4n) is 2.96. The van der Waals surface area contributed by atoms with Gasteiger partial charge in [-0.3, -0.25) is 0 Å². The first-order valence-electron chi connectivity index (χ1n) is 8.60. The highest BCUT2D eigenvalue weighted by Crippen LogP contribution is 2.32. The minimum Gasteiger partial charge on any atom is -0.481 e. The van der Waals surface area contributed by atoms with Crippen LogP contribution in [-0.4, -0.2) is 62.3 Å². The summed E-state index contributed by atoms with van der Waals surface area (Å²) in [5, 5.41) is 0. The smallest absolute Gasteiger partial charge is 0.481 e. The summed E-state index contributed by atoms with van der Waals surface area (Å²) in [6, 6.07) is 6.35. The van der Waals surface area contributed by atoms with E-state index in [-0.39, 0.29) is 13.1 Å². The molecule has 1 aromatic carbocycles. The Balaban J connectivity index is 1.78. The number of methoxy groups -OCH3 is 1. The maximum absolute atomic E-state index is 12.9. The van der Waals surface area contributed by atoms with Gasteiger partial charge in [0.1, 0.15) is 22.3 Å². The van der Waals surface area contributed by atoms with Crippen LogP contribution in [0.5, 0.6) is 11.6 Å². The molecule has 0 N–H and O–H groups in total. The number of alkyl halides is 3. The lowest BCUT2D eigenvalue weighted by Crippen LogP contribution is -2.49. The monoisotopic (exact) mass is 432 g/mol. The number of aryl methyl sites for hydroxylation is 1. The molecule has 1 fully saturated rings. The first kappa shape index (κ1) is 21.1. The number of hydrogen-bond donors (Lipinski definition) is 0. The number of anilines is 1. The SMILES string of the molecule is COc1cc(N2CCN(S(=O)(=O)c3ccccc3OC(F)(F)F)CC2)nc(C)n1. The van der Waals surface area contributed by atoms with Crippen molar-refractivity contribution in [3.05, 3.63) is 36.2 Å². The molecule has 29 heavy (non-hydrogen) atoms. The van der Waals surface area contributed by atoms with E-state index < -0.39 is 27.0 Å². The molecule has 0 amide bonds. The third-order valence-electron chi connectivity index (χ3n) is 4.27. The van der Waals surface area contributed by atoms with Crippen molar-refractivity contribution < 1.29 is 31.1 Å². The number of ether oxygens (including phenoxy) is 2. The molecule has 0 unspecified atom stereocenters. The summed E-state index contributed by atoms with van der Waals surface area (Å²) in [4.78, 5) is 9.77. The molecule has 1 aliphatic heterocycles. The third kappa shape index (κ3) is 4.88. The molecule has 12 heteroatoms. The van der Waals surface area contributed by atoms with Crippen LogP contribution < -0.4 is 14.4 Å². The Morgan fingerprint density at radius 1 is 1.07 bits per heavy atom. The molecule has 0 bridgehead atoms. The molecule has 0 aliphatic carbocycles. The zero-order valence-corrected chi connectivity index (χ0v) is 16.5. The summed E-state index contributed by atoms with van der Waals surface area (Å²) in [6.45, 7) is 2.48. The highest BCUT2D eigenvalue weighted by molar-refractivity contribution is 7.89. The van der Waals surface area contributed by atoms with E-state index in [0.29, 0.717) is 30.6 Å². The van der Waals surface area contributed by atoms with Crippen molar-refractivity contribution in [3.8, 4) is 11.6 Å². The molecule has 0 radical (unpaired) electrons. The van der Waals surface area contributed by atoms with Crippen LogP contribution in [0.15, 0.2) is 35.2 Å². The molecule has 0 atom stereocenters. The summed E-state index contributed by atoms with van der Waals surface area (Å²) in [5.74, 6) is 0.735. The van der Waals surface area contributed by atoms with E-state index in [1.807, 2.05) is 4.90 Å². The molecule has 2 heterocycles. The van der Waals surface area contributed by atoms with Crippen molar-refractivity contribution in [1.82, 2.24) is 14.3 Å². The van der Waals surface area contributed by atoms with Crippen LogP contribution in [0.3, 0.4) is 0 Å². The van der Waals surface area contributed by atoms with Gasteiger partial charge in [-0.15, -0.1) is 13.2 Å². The number of hydrogen-bond acceptors (Lipinski definition) is 7. The van der Waals surface area contributed by atoms with E-state index in [0.717, 1.165) is 16.4 Å². The topological polar surface area (TPSA) is 84.9 Å². The Labute approximate surface area is 165 Å². The second-order valence-electron chi connectivity index (χ2n) is 6.20. The Morgan fingerprint density at radius 2 is 1.72 bits per heavy atom. The van der Waals surface area contributed by atoms with Crippen molar-refractivity contribution in [2.75, 3.05) is 38.2 Å². The van der Waals surface area contributed by atoms with E-state index in [1.54, 1.807) is 13.0 Å². The molecule has 0 saturated carbocycles. The molecule has 1 saturated heterocycles. The molecule has 158 valence electrons. The summed E-state index contributed by atoms with van der Waals surface area (Å²) < 4.78 is 73.8. The van der Waals surface area contributed by atoms with Crippen LogP contribution >= 0.6 is 0 Å². The number of para-hydroxylation sites is 1. The number of aromatic nitrogens is 2. The first-order chi connectivity index (χ1) is 13.6. The van der Waals surface area contributed by atoms with Crippen molar-refractivity contribution in [1.29, 1.82) is 0 Å². The van der Waals surface area contributed by atoms with Gasteiger partial charge in [-0.25, -0.2) is 13.4 Å². The van der Waals surface area contributed by atoms with E-state index in [4.69, 9.17) is 4.74 Å². The Kier molecular flexibility index (Phi) is 5.85. The number of halogens is 3. The van der Waals surface area contributed by atoms with Gasteiger partial charge in [-0.2, -0.15) is 9.29 Å². The van der Waals surface area contributed by atoms with E-state index in [1.165, 1.54) is 19.2 Å². The van der Waals surface area contributed by atoms with Gasteiger partial charge in [0.05, 0.1) is 7.11 Å². The van der Waals surface area contributed by atoms with Crippen molar-refractivity contribution in [2.24, 2.45) is 0 Å². The highest BCUT2D eigenvalue weighted by atomic mass is 32.2. The number of nitrogens with zero attached hydrogens (tertiary/aromatic N) is 4. The van der Waals surface area contributed by atoms with Crippen LogP contribution in [0.25, 0.3) is 0 Å². The lowest BCUT2D eigenvalue weighted by atomic mass is 10.3. The predicted octanol–water partition coefficient (Wildman–Crippen LogP) is 2.20. The predicted molar refractivity (Wildman–Crippen MR) is 97.4 cm³/mol. The van der Waals surface area contributed by atoms with Crippen LogP contribution in [0.2, 0.25) is 0 Å². The van der Waals surface area contributed by atoms with Gasteiger partial charge in [0.15, 0.2) is 0 Å². The summed E-state index contributed by atoms with van der Waals surface area (Å²) >= 11 is 0. The minimum atomic E-state index is -4.99. The average Bonchev–Trinajstić information content (AvgIpc) is 2.66. The number of rotatable bonds is 5. The van der Waals surface area contributed by atoms with Gasteiger partial charge in [0, 0.05) is 32.2 Å². The summed E-state index contributed by atoms with van der Waals surface area (Å²) in [5.41, 5.74) is 0. The lowest BCUT2D eigenvalue weighted by molar-refractivity contribution is -0.275. The molecule has 2 aromatic rings. The molecule has 8 nitrogen and oxygen atoms in total.